The maximum absolute atomic E-state index is 11.3. The molecule has 0 spiro atoms. The number of primary sulfonamides is 1. The second kappa shape index (κ2) is 10.8. The van der Waals surface area contributed by atoms with Crippen molar-refractivity contribution < 1.29 is 13.2 Å². The summed E-state index contributed by atoms with van der Waals surface area (Å²) < 4.78 is 28.2. The Hall–Kier alpha value is -1.64. The summed E-state index contributed by atoms with van der Waals surface area (Å²) in [7, 11) is -1.87. The van der Waals surface area contributed by atoms with Crippen LogP contribution in [0.15, 0.2) is 34.2 Å². The smallest absolute Gasteiger partial charge is 0.238 e. The number of benzene rings is 1. The molecule has 1 fully saturated rings. The number of hydrogen-bond acceptors (Lipinski definition) is 4. The van der Waals surface area contributed by atoms with E-state index in [1.807, 2.05) is 6.92 Å². The first-order valence-corrected chi connectivity index (χ1v) is 11.6. The zero-order chi connectivity index (χ0) is 20.5. The molecule has 0 heterocycles. The molecular formula is C20H34N4O3S. The average Bonchev–Trinajstić information content (AvgIpc) is 3.13. The van der Waals surface area contributed by atoms with E-state index in [9.17, 15) is 8.42 Å². The van der Waals surface area contributed by atoms with E-state index < -0.39 is 10.0 Å². The molecule has 0 aromatic heterocycles. The molecule has 1 aliphatic carbocycles. The highest BCUT2D eigenvalue weighted by Crippen LogP contribution is 2.40. The lowest BCUT2D eigenvalue weighted by molar-refractivity contribution is 0.105. The fourth-order valence-electron chi connectivity index (χ4n) is 3.74. The minimum atomic E-state index is -3.64. The molecule has 8 heteroatoms. The van der Waals surface area contributed by atoms with E-state index in [0.29, 0.717) is 12.0 Å². The van der Waals surface area contributed by atoms with Crippen LogP contribution in [0.3, 0.4) is 0 Å². The van der Waals surface area contributed by atoms with Crippen molar-refractivity contribution in [2.75, 3.05) is 33.4 Å². The zero-order valence-electron chi connectivity index (χ0n) is 17.0. The number of sulfonamides is 1. The SMILES string of the molecule is CCOCCC1(CNC(=NC)NCCc2ccc(S(N)(=O)=O)cc2)CCCC1. The molecule has 1 aromatic carbocycles. The molecule has 0 bridgehead atoms. The molecule has 28 heavy (non-hydrogen) atoms. The molecule has 2 rings (SSSR count). The fourth-order valence-corrected chi connectivity index (χ4v) is 4.25. The van der Waals surface area contributed by atoms with Crippen molar-refractivity contribution in [3.63, 3.8) is 0 Å². The lowest BCUT2D eigenvalue weighted by atomic mass is 9.83. The highest BCUT2D eigenvalue weighted by Gasteiger charge is 2.33. The number of ether oxygens (including phenoxy) is 1. The lowest BCUT2D eigenvalue weighted by Gasteiger charge is -2.30. The van der Waals surface area contributed by atoms with Gasteiger partial charge < -0.3 is 15.4 Å². The van der Waals surface area contributed by atoms with Crippen LogP contribution in [0, 0.1) is 5.41 Å². The lowest BCUT2D eigenvalue weighted by Crippen LogP contribution is -2.44. The van der Waals surface area contributed by atoms with Gasteiger partial charge in [0, 0.05) is 33.4 Å². The predicted octanol–water partition coefficient (Wildman–Crippen LogP) is 2.03. The van der Waals surface area contributed by atoms with Gasteiger partial charge in [0.1, 0.15) is 0 Å². The Morgan fingerprint density at radius 1 is 1.21 bits per heavy atom. The van der Waals surface area contributed by atoms with Gasteiger partial charge in [0.05, 0.1) is 4.90 Å². The highest BCUT2D eigenvalue weighted by molar-refractivity contribution is 7.89. The summed E-state index contributed by atoms with van der Waals surface area (Å²) in [5.41, 5.74) is 1.34. The number of nitrogens with two attached hydrogens (primary N) is 1. The monoisotopic (exact) mass is 410 g/mol. The van der Waals surface area contributed by atoms with E-state index in [2.05, 4.69) is 15.6 Å². The molecule has 4 N–H and O–H groups in total. The Balaban J connectivity index is 1.79. The van der Waals surface area contributed by atoms with E-state index >= 15 is 0 Å². The van der Waals surface area contributed by atoms with Crippen LogP contribution in [0.5, 0.6) is 0 Å². The fraction of sp³-hybridized carbons (Fsp3) is 0.650. The molecule has 0 aliphatic heterocycles. The van der Waals surface area contributed by atoms with E-state index in [1.54, 1.807) is 31.3 Å². The summed E-state index contributed by atoms with van der Waals surface area (Å²) in [4.78, 5) is 4.46. The standard InChI is InChI=1S/C20H34N4O3S/c1-3-27-15-13-20(11-4-5-12-20)16-24-19(22-2)23-14-10-17-6-8-18(9-7-17)28(21,25)26/h6-9H,3-5,10-16H2,1-2H3,(H2,21,25,26)(H2,22,23,24). The van der Waals surface area contributed by atoms with Gasteiger partial charge in [0.25, 0.3) is 0 Å². The molecule has 1 saturated carbocycles. The second-order valence-electron chi connectivity index (χ2n) is 7.45. The van der Waals surface area contributed by atoms with Crippen molar-refractivity contribution >= 4 is 16.0 Å². The molecule has 1 aliphatic rings. The first-order chi connectivity index (χ1) is 13.4. The number of rotatable bonds is 10. The Labute approximate surface area is 169 Å². The summed E-state index contributed by atoms with van der Waals surface area (Å²) in [6, 6.07) is 6.66. The average molecular weight is 411 g/mol. The Morgan fingerprint density at radius 3 is 2.46 bits per heavy atom. The molecule has 0 radical (unpaired) electrons. The summed E-state index contributed by atoms with van der Waals surface area (Å²) in [6.45, 7) is 5.24. The second-order valence-corrected chi connectivity index (χ2v) is 9.01. The molecule has 0 amide bonds. The number of hydrogen-bond donors (Lipinski definition) is 3. The number of aliphatic imine (C=N–C) groups is 1. The molecular weight excluding hydrogens is 376 g/mol. The first-order valence-electron chi connectivity index (χ1n) is 10.0. The van der Waals surface area contributed by atoms with Crippen LogP contribution in [0.25, 0.3) is 0 Å². The minimum Gasteiger partial charge on any atom is -0.382 e. The minimum absolute atomic E-state index is 0.135. The van der Waals surface area contributed by atoms with Crippen molar-refractivity contribution in [2.24, 2.45) is 15.5 Å². The van der Waals surface area contributed by atoms with E-state index in [1.165, 1.54) is 25.7 Å². The summed E-state index contributed by atoms with van der Waals surface area (Å²) in [6.07, 6.45) is 6.89. The van der Waals surface area contributed by atoms with Gasteiger partial charge in [0.15, 0.2) is 5.96 Å². The summed E-state index contributed by atoms with van der Waals surface area (Å²) >= 11 is 0. The first kappa shape index (κ1) is 22.6. The maximum atomic E-state index is 11.3. The van der Waals surface area contributed by atoms with Crippen molar-refractivity contribution in [2.45, 2.75) is 50.3 Å². The quantitative estimate of drug-likeness (QED) is 0.311. The Kier molecular flexibility index (Phi) is 8.72. The van der Waals surface area contributed by atoms with Crippen molar-refractivity contribution in [1.82, 2.24) is 10.6 Å². The van der Waals surface area contributed by atoms with Crippen molar-refractivity contribution in [3.8, 4) is 0 Å². The molecule has 0 atom stereocenters. The van der Waals surface area contributed by atoms with Gasteiger partial charge in [0.2, 0.25) is 10.0 Å². The topological polar surface area (TPSA) is 106 Å². The zero-order valence-corrected chi connectivity index (χ0v) is 17.9. The van der Waals surface area contributed by atoms with Crippen LogP contribution >= 0.6 is 0 Å². The summed E-state index contributed by atoms with van der Waals surface area (Å²) in [5, 5.41) is 11.9. The number of nitrogens with one attached hydrogen (secondary N) is 2. The van der Waals surface area contributed by atoms with Gasteiger partial charge >= 0.3 is 0 Å². The molecule has 7 nitrogen and oxygen atoms in total. The third-order valence-corrected chi connectivity index (χ3v) is 6.39. The summed E-state index contributed by atoms with van der Waals surface area (Å²) in [5.74, 6) is 0.795. The van der Waals surface area contributed by atoms with Crippen LogP contribution in [0.2, 0.25) is 0 Å². The van der Waals surface area contributed by atoms with Gasteiger partial charge in [-0.15, -0.1) is 0 Å². The van der Waals surface area contributed by atoms with Crippen molar-refractivity contribution in [3.05, 3.63) is 29.8 Å². The molecule has 0 unspecified atom stereocenters. The normalized spacial score (nSPS) is 16.9. The Morgan fingerprint density at radius 2 is 1.89 bits per heavy atom. The van der Waals surface area contributed by atoms with Gasteiger partial charge in [-0.25, -0.2) is 13.6 Å². The van der Waals surface area contributed by atoms with Crippen LogP contribution in [-0.2, 0) is 21.2 Å². The molecule has 158 valence electrons. The molecule has 1 aromatic rings. The number of guanidine groups is 1. The highest BCUT2D eigenvalue weighted by atomic mass is 32.2. The molecule has 0 saturated heterocycles. The van der Waals surface area contributed by atoms with Crippen molar-refractivity contribution in [1.29, 1.82) is 0 Å². The van der Waals surface area contributed by atoms with E-state index in [0.717, 1.165) is 44.1 Å². The predicted molar refractivity (Wildman–Crippen MR) is 113 cm³/mol. The van der Waals surface area contributed by atoms with Crippen LogP contribution in [0.1, 0.15) is 44.6 Å². The largest absolute Gasteiger partial charge is 0.382 e. The van der Waals surface area contributed by atoms with Gasteiger partial charge in [-0.2, -0.15) is 0 Å². The Bertz CT molecular complexity index is 726. The third kappa shape index (κ3) is 7.07. The van der Waals surface area contributed by atoms with Crippen LogP contribution in [0.4, 0.5) is 0 Å². The van der Waals surface area contributed by atoms with Gasteiger partial charge in [-0.1, -0.05) is 25.0 Å². The van der Waals surface area contributed by atoms with Gasteiger partial charge in [-0.3, -0.25) is 4.99 Å². The van der Waals surface area contributed by atoms with E-state index in [-0.39, 0.29) is 4.90 Å². The van der Waals surface area contributed by atoms with Gasteiger partial charge in [-0.05, 0) is 55.7 Å². The van der Waals surface area contributed by atoms with Crippen LogP contribution < -0.4 is 15.8 Å². The number of nitrogens with zero attached hydrogens (tertiary/aromatic N) is 1. The van der Waals surface area contributed by atoms with Crippen LogP contribution in [-0.4, -0.2) is 47.7 Å². The maximum Gasteiger partial charge on any atom is 0.238 e. The third-order valence-electron chi connectivity index (χ3n) is 5.46. The van der Waals surface area contributed by atoms with E-state index in [4.69, 9.17) is 9.88 Å².